The van der Waals surface area contributed by atoms with Gasteiger partial charge in [0.25, 0.3) is 0 Å². The van der Waals surface area contributed by atoms with E-state index in [-0.39, 0.29) is 12.7 Å². The highest BCUT2D eigenvalue weighted by Gasteiger charge is 2.15. The largest absolute Gasteiger partial charge is 0.496 e. The highest BCUT2D eigenvalue weighted by molar-refractivity contribution is 5.76. The maximum atomic E-state index is 12.4. The van der Waals surface area contributed by atoms with Crippen LogP contribution in [0.1, 0.15) is 17.5 Å². The van der Waals surface area contributed by atoms with Gasteiger partial charge in [0.1, 0.15) is 5.75 Å². The summed E-state index contributed by atoms with van der Waals surface area (Å²) in [5.41, 5.74) is 2.19. The predicted molar refractivity (Wildman–Crippen MR) is 95.2 cm³/mol. The maximum absolute atomic E-state index is 12.4. The number of hydrogen-bond donors (Lipinski definition) is 0. The summed E-state index contributed by atoms with van der Waals surface area (Å²) in [5, 5.41) is 0. The second kappa shape index (κ2) is 7.92. The van der Waals surface area contributed by atoms with Gasteiger partial charge in [-0.2, -0.15) is 0 Å². The van der Waals surface area contributed by atoms with E-state index in [2.05, 4.69) is 0 Å². The van der Waals surface area contributed by atoms with E-state index in [4.69, 9.17) is 14.2 Å². The van der Waals surface area contributed by atoms with Crippen LogP contribution in [0.4, 0.5) is 0 Å². The number of ether oxygens (including phenoxy) is 3. The Morgan fingerprint density at radius 3 is 2.76 bits per heavy atom. The second-order valence-corrected chi connectivity index (χ2v) is 6.06. The fraction of sp³-hybridized carbons (Fsp3) is 0.350. The van der Waals surface area contributed by atoms with Crippen molar-refractivity contribution in [3.8, 4) is 17.2 Å². The number of methoxy groups -OCH3 is 1. The zero-order valence-electron chi connectivity index (χ0n) is 14.7. The van der Waals surface area contributed by atoms with E-state index in [1.807, 2.05) is 49.5 Å². The standard InChI is InChI=1S/C20H23NO4/c1-21(12-11-16-5-3-4-6-17(16)23-2)20(22)10-8-15-7-9-18-19(13-15)25-14-24-18/h3-7,9,13H,8,10-12,14H2,1-2H3. The van der Waals surface area contributed by atoms with Gasteiger partial charge in [0, 0.05) is 20.0 Å². The molecule has 1 aliphatic heterocycles. The molecule has 1 heterocycles. The molecule has 1 amide bonds. The van der Waals surface area contributed by atoms with Crippen LogP contribution >= 0.6 is 0 Å². The molecule has 2 aromatic carbocycles. The van der Waals surface area contributed by atoms with Gasteiger partial charge >= 0.3 is 0 Å². The van der Waals surface area contributed by atoms with E-state index < -0.39 is 0 Å². The van der Waals surface area contributed by atoms with E-state index >= 15 is 0 Å². The molecule has 0 saturated carbocycles. The summed E-state index contributed by atoms with van der Waals surface area (Å²) in [7, 11) is 3.51. The third kappa shape index (κ3) is 4.24. The lowest BCUT2D eigenvalue weighted by molar-refractivity contribution is -0.129. The molecule has 0 N–H and O–H groups in total. The van der Waals surface area contributed by atoms with E-state index in [9.17, 15) is 4.79 Å². The number of aryl methyl sites for hydroxylation is 1. The Morgan fingerprint density at radius 2 is 1.92 bits per heavy atom. The number of likely N-dealkylation sites (N-methyl/N-ethyl adjacent to an activating group) is 1. The molecule has 0 atom stereocenters. The first-order valence-electron chi connectivity index (χ1n) is 8.42. The minimum absolute atomic E-state index is 0.132. The van der Waals surface area contributed by atoms with Crippen molar-refractivity contribution in [2.75, 3.05) is 27.5 Å². The fourth-order valence-corrected chi connectivity index (χ4v) is 2.86. The average Bonchev–Trinajstić information content (AvgIpc) is 3.12. The molecule has 0 fully saturated rings. The topological polar surface area (TPSA) is 48.0 Å². The highest BCUT2D eigenvalue weighted by atomic mass is 16.7. The minimum Gasteiger partial charge on any atom is -0.496 e. The van der Waals surface area contributed by atoms with Crippen LogP contribution in [0.15, 0.2) is 42.5 Å². The van der Waals surface area contributed by atoms with E-state index in [1.165, 1.54) is 0 Å². The average molecular weight is 341 g/mol. The predicted octanol–water partition coefficient (Wildman–Crippen LogP) is 3.06. The maximum Gasteiger partial charge on any atom is 0.231 e. The second-order valence-electron chi connectivity index (χ2n) is 6.06. The van der Waals surface area contributed by atoms with Crippen molar-refractivity contribution in [2.24, 2.45) is 0 Å². The Hall–Kier alpha value is -2.69. The molecule has 0 aromatic heterocycles. The smallest absolute Gasteiger partial charge is 0.231 e. The first kappa shape index (κ1) is 17.1. The zero-order chi connectivity index (χ0) is 17.6. The third-order valence-corrected chi connectivity index (χ3v) is 4.40. The molecule has 2 aromatic rings. The molecular formula is C20H23NO4. The number of nitrogens with zero attached hydrogens (tertiary/aromatic N) is 1. The lowest BCUT2D eigenvalue weighted by Gasteiger charge is -2.18. The van der Waals surface area contributed by atoms with Crippen LogP contribution in [0.3, 0.4) is 0 Å². The number of carbonyl (C=O) groups is 1. The fourth-order valence-electron chi connectivity index (χ4n) is 2.86. The van der Waals surface area contributed by atoms with Gasteiger partial charge in [-0.25, -0.2) is 0 Å². The van der Waals surface area contributed by atoms with Crippen LogP contribution in [-0.4, -0.2) is 38.3 Å². The number of hydrogen-bond acceptors (Lipinski definition) is 4. The van der Waals surface area contributed by atoms with Crippen molar-refractivity contribution in [3.63, 3.8) is 0 Å². The highest BCUT2D eigenvalue weighted by Crippen LogP contribution is 2.32. The van der Waals surface area contributed by atoms with Crippen molar-refractivity contribution >= 4 is 5.91 Å². The monoisotopic (exact) mass is 341 g/mol. The summed E-state index contributed by atoms with van der Waals surface area (Å²) < 4.78 is 16.0. The van der Waals surface area contributed by atoms with Crippen molar-refractivity contribution in [3.05, 3.63) is 53.6 Å². The van der Waals surface area contributed by atoms with Gasteiger partial charge in [-0.1, -0.05) is 24.3 Å². The SMILES string of the molecule is COc1ccccc1CCN(C)C(=O)CCc1ccc2c(c1)OCO2. The van der Waals surface area contributed by atoms with Gasteiger partial charge < -0.3 is 19.1 Å². The lowest BCUT2D eigenvalue weighted by Crippen LogP contribution is -2.29. The third-order valence-electron chi connectivity index (χ3n) is 4.40. The van der Waals surface area contributed by atoms with Gasteiger partial charge in [-0.05, 0) is 42.2 Å². The van der Waals surface area contributed by atoms with Crippen LogP contribution in [0.5, 0.6) is 17.2 Å². The number of rotatable bonds is 7. The van der Waals surface area contributed by atoms with Gasteiger partial charge in [-0.3, -0.25) is 4.79 Å². The van der Waals surface area contributed by atoms with Crippen LogP contribution in [-0.2, 0) is 17.6 Å². The van der Waals surface area contributed by atoms with Gasteiger partial charge in [-0.15, -0.1) is 0 Å². The van der Waals surface area contributed by atoms with Crippen LogP contribution in [0.25, 0.3) is 0 Å². The first-order valence-corrected chi connectivity index (χ1v) is 8.42. The Kier molecular flexibility index (Phi) is 5.43. The molecule has 0 spiro atoms. The molecule has 0 unspecified atom stereocenters. The molecule has 5 heteroatoms. The molecule has 1 aliphatic rings. The summed E-state index contributed by atoms with van der Waals surface area (Å²) in [6.07, 6.45) is 1.94. The summed E-state index contributed by atoms with van der Waals surface area (Å²) in [6.45, 7) is 0.934. The molecule has 3 rings (SSSR count). The van der Waals surface area contributed by atoms with Gasteiger partial charge in [0.15, 0.2) is 11.5 Å². The van der Waals surface area contributed by atoms with E-state index in [0.29, 0.717) is 19.4 Å². The normalized spacial score (nSPS) is 12.1. The Balaban J connectivity index is 1.49. The quantitative estimate of drug-likeness (QED) is 0.777. The summed E-state index contributed by atoms with van der Waals surface area (Å²) in [5.74, 6) is 2.52. The van der Waals surface area contributed by atoms with Crippen molar-refractivity contribution in [2.45, 2.75) is 19.3 Å². The first-order chi connectivity index (χ1) is 12.2. The molecular weight excluding hydrogens is 318 g/mol. The van der Waals surface area contributed by atoms with Crippen LogP contribution in [0, 0.1) is 0 Å². The Bertz CT molecular complexity index is 744. The molecule has 0 aliphatic carbocycles. The zero-order valence-corrected chi connectivity index (χ0v) is 14.7. The molecule has 132 valence electrons. The number of para-hydroxylation sites is 1. The lowest BCUT2D eigenvalue weighted by atomic mass is 10.1. The van der Waals surface area contributed by atoms with Gasteiger partial charge in [0.05, 0.1) is 7.11 Å². The van der Waals surface area contributed by atoms with Crippen molar-refractivity contribution < 1.29 is 19.0 Å². The Morgan fingerprint density at radius 1 is 1.12 bits per heavy atom. The minimum atomic E-state index is 0.132. The van der Waals surface area contributed by atoms with E-state index in [0.717, 1.165) is 34.8 Å². The number of fused-ring (bicyclic) bond motifs is 1. The number of carbonyl (C=O) groups excluding carboxylic acids is 1. The molecule has 0 bridgehead atoms. The molecule has 5 nitrogen and oxygen atoms in total. The summed E-state index contributed by atoms with van der Waals surface area (Å²) in [6, 6.07) is 13.7. The van der Waals surface area contributed by atoms with Gasteiger partial charge in [0.2, 0.25) is 12.7 Å². The number of amides is 1. The Labute approximate surface area is 148 Å². The summed E-state index contributed by atoms with van der Waals surface area (Å²) in [4.78, 5) is 14.1. The number of benzene rings is 2. The molecule has 0 radical (unpaired) electrons. The van der Waals surface area contributed by atoms with Crippen LogP contribution < -0.4 is 14.2 Å². The van der Waals surface area contributed by atoms with E-state index in [1.54, 1.807) is 12.0 Å². The van der Waals surface area contributed by atoms with Crippen LogP contribution in [0.2, 0.25) is 0 Å². The van der Waals surface area contributed by atoms with Crippen molar-refractivity contribution in [1.29, 1.82) is 0 Å². The summed E-state index contributed by atoms with van der Waals surface area (Å²) >= 11 is 0. The van der Waals surface area contributed by atoms with Crippen molar-refractivity contribution in [1.82, 2.24) is 4.90 Å². The molecule has 0 saturated heterocycles. The molecule has 25 heavy (non-hydrogen) atoms.